The Hall–Kier alpha value is -3.52. The number of aromatic hydroxyl groups is 1. The summed E-state index contributed by atoms with van der Waals surface area (Å²) < 4.78 is 6.59. The number of piperidine rings is 1. The summed E-state index contributed by atoms with van der Waals surface area (Å²) in [4.78, 5) is 17.3. The number of aryl methyl sites for hydroxylation is 2. The van der Waals surface area contributed by atoms with E-state index in [0.717, 1.165) is 28.8 Å². The van der Waals surface area contributed by atoms with Crippen molar-refractivity contribution in [2.45, 2.75) is 87.6 Å². The number of nitrogens with zero attached hydrogens (tertiary/aromatic N) is 3. The van der Waals surface area contributed by atoms with Gasteiger partial charge in [0.2, 0.25) is 0 Å². The zero-order chi connectivity index (χ0) is 28.0. The number of phenols is 1. The highest BCUT2D eigenvalue weighted by Crippen LogP contribution is 2.66. The van der Waals surface area contributed by atoms with Crippen LogP contribution >= 0.6 is 0 Å². The fourth-order valence-corrected chi connectivity index (χ4v) is 8.19. The van der Waals surface area contributed by atoms with Crippen molar-refractivity contribution in [2.75, 3.05) is 13.6 Å². The Morgan fingerprint density at radius 3 is 2.73 bits per heavy atom. The van der Waals surface area contributed by atoms with Crippen molar-refractivity contribution in [2.24, 2.45) is 5.92 Å². The molecule has 1 unspecified atom stereocenters. The lowest BCUT2D eigenvalue weighted by atomic mass is 9.47. The van der Waals surface area contributed by atoms with Gasteiger partial charge in [0.15, 0.2) is 11.5 Å². The van der Waals surface area contributed by atoms with Gasteiger partial charge >= 0.3 is 0 Å². The van der Waals surface area contributed by atoms with Crippen LogP contribution in [0.4, 0.5) is 0 Å². The quantitative estimate of drug-likeness (QED) is 0.583. The maximum absolute atomic E-state index is 13.4. The fourth-order valence-electron chi connectivity index (χ4n) is 8.19. The number of likely N-dealkylation sites (tertiary alicyclic amines) is 1. The van der Waals surface area contributed by atoms with Crippen LogP contribution in [0.2, 0.25) is 0 Å². The van der Waals surface area contributed by atoms with E-state index in [2.05, 4.69) is 22.8 Å². The standard InChI is InChI=1S/C33H35N3O4/c1-19-4-5-21(14-20(19)2)8-11-28(38)35(3)25-12-13-33(39)27-15-23-9-10-26(37)30-29(23)32(33,31(25)40-30)16-24(17-34)36(27)18-22-6-7-22/h4-5,9-10,14,22,24-25,27,31,37,39H,6-7,12-13,15-16,18H2,1-3H3/t24?,25-,27-,31+,32+,33-/m1/s1. The van der Waals surface area contributed by atoms with E-state index < -0.39 is 17.1 Å². The van der Waals surface area contributed by atoms with Crippen molar-refractivity contribution in [3.8, 4) is 29.4 Å². The van der Waals surface area contributed by atoms with Gasteiger partial charge in [-0.1, -0.05) is 18.1 Å². The minimum absolute atomic E-state index is 0.0412. The SMILES string of the molecule is Cc1ccc(C#CC(=O)N(C)[C@@H]2CC[C@@]3(O)[C@H]4Cc5ccc(O)c6c5[C@@]3(CC(C#N)N4CC3CC3)[C@H]2O6)cc1C. The van der Waals surface area contributed by atoms with Gasteiger partial charge in [-0.25, -0.2) is 0 Å². The molecule has 5 aliphatic rings. The minimum atomic E-state index is -1.13. The monoisotopic (exact) mass is 537 g/mol. The van der Waals surface area contributed by atoms with Crippen LogP contribution in [-0.2, 0) is 16.6 Å². The number of nitriles is 1. The summed E-state index contributed by atoms with van der Waals surface area (Å²) in [6.07, 6.45) is 3.80. The van der Waals surface area contributed by atoms with E-state index in [1.165, 1.54) is 18.4 Å². The van der Waals surface area contributed by atoms with Crippen molar-refractivity contribution in [3.63, 3.8) is 0 Å². The van der Waals surface area contributed by atoms with Gasteiger partial charge in [0.25, 0.3) is 5.91 Å². The van der Waals surface area contributed by atoms with Crippen LogP contribution in [0.5, 0.6) is 11.5 Å². The fraction of sp³-hybridized carbons (Fsp3) is 0.515. The van der Waals surface area contributed by atoms with Gasteiger partial charge in [0.05, 0.1) is 29.2 Å². The lowest BCUT2D eigenvalue weighted by Crippen LogP contribution is -2.79. The highest BCUT2D eigenvalue weighted by molar-refractivity contribution is 5.94. The number of hydrogen-bond acceptors (Lipinski definition) is 6. The van der Waals surface area contributed by atoms with Crippen LogP contribution in [0.15, 0.2) is 30.3 Å². The van der Waals surface area contributed by atoms with Crippen molar-refractivity contribution < 1.29 is 19.7 Å². The first-order chi connectivity index (χ1) is 19.2. The Balaban J connectivity index is 1.28. The normalized spacial score (nSPS) is 33.2. The number of benzene rings is 2. The number of carbonyl (C=O) groups excluding carboxylic acids is 1. The van der Waals surface area contributed by atoms with E-state index in [-0.39, 0.29) is 29.8 Å². The van der Waals surface area contributed by atoms with Gasteiger partial charge in [-0.05, 0) is 93.2 Å². The molecule has 2 aliphatic heterocycles. The van der Waals surface area contributed by atoms with Crippen molar-refractivity contribution in [3.05, 3.63) is 58.1 Å². The summed E-state index contributed by atoms with van der Waals surface area (Å²) in [5, 5.41) is 34.0. The van der Waals surface area contributed by atoms with Crippen LogP contribution < -0.4 is 4.74 Å². The van der Waals surface area contributed by atoms with Crippen LogP contribution in [0.1, 0.15) is 59.9 Å². The van der Waals surface area contributed by atoms with Crippen LogP contribution in [-0.4, -0.2) is 69.3 Å². The van der Waals surface area contributed by atoms with Crippen molar-refractivity contribution in [1.29, 1.82) is 5.26 Å². The van der Waals surface area contributed by atoms with Gasteiger partial charge in [0.1, 0.15) is 6.10 Å². The largest absolute Gasteiger partial charge is 0.504 e. The second-order valence-electron chi connectivity index (χ2n) is 12.7. The zero-order valence-corrected chi connectivity index (χ0v) is 23.3. The first-order valence-corrected chi connectivity index (χ1v) is 14.4. The molecule has 1 amide bonds. The van der Waals surface area contributed by atoms with E-state index in [1.54, 1.807) is 18.0 Å². The van der Waals surface area contributed by atoms with Gasteiger partial charge in [-0.3, -0.25) is 9.69 Å². The maximum atomic E-state index is 13.4. The molecule has 2 heterocycles. The van der Waals surface area contributed by atoms with E-state index >= 15 is 0 Å². The van der Waals surface area contributed by atoms with E-state index in [1.807, 2.05) is 38.1 Å². The molecule has 2 bridgehead atoms. The number of carbonyl (C=O) groups is 1. The molecule has 7 nitrogen and oxygen atoms in total. The lowest BCUT2D eigenvalue weighted by Gasteiger charge is -2.65. The number of aliphatic hydroxyl groups is 1. The Labute approximate surface area is 235 Å². The number of phenolic OH excluding ortho intramolecular Hbond substituents is 1. The van der Waals surface area contributed by atoms with Gasteiger partial charge in [0, 0.05) is 36.7 Å². The smallest absolute Gasteiger partial charge is 0.298 e. The van der Waals surface area contributed by atoms with Gasteiger partial charge < -0.3 is 19.8 Å². The van der Waals surface area contributed by atoms with E-state index in [4.69, 9.17) is 4.74 Å². The minimum Gasteiger partial charge on any atom is -0.504 e. The van der Waals surface area contributed by atoms with Crippen LogP contribution in [0.3, 0.4) is 0 Å². The second kappa shape index (κ2) is 8.74. The average molecular weight is 538 g/mol. The Bertz CT molecular complexity index is 1530. The Morgan fingerprint density at radius 1 is 1.20 bits per heavy atom. The molecule has 0 radical (unpaired) electrons. The maximum Gasteiger partial charge on any atom is 0.298 e. The predicted octanol–water partition coefficient (Wildman–Crippen LogP) is 3.34. The molecule has 3 aliphatic carbocycles. The molecule has 7 rings (SSSR count). The number of rotatable bonds is 3. The number of likely N-dealkylation sites (N-methyl/N-ethyl adjacent to an activating group) is 1. The number of amides is 1. The molecule has 1 spiro atoms. The van der Waals surface area contributed by atoms with Gasteiger partial charge in [-0.2, -0.15) is 5.26 Å². The molecule has 2 N–H and O–H groups in total. The summed E-state index contributed by atoms with van der Waals surface area (Å²) in [5.74, 6) is 6.55. The van der Waals surface area contributed by atoms with E-state index in [9.17, 15) is 20.3 Å². The molecular weight excluding hydrogens is 502 g/mol. The Morgan fingerprint density at radius 2 is 2.00 bits per heavy atom. The molecule has 1 saturated heterocycles. The molecule has 2 saturated carbocycles. The first-order valence-electron chi connectivity index (χ1n) is 14.4. The summed E-state index contributed by atoms with van der Waals surface area (Å²) in [7, 11) is 1.75. The molecule has 6 atom stereocenters. The predicted molar refractivity (Wildman–Crippen MR) is 149 cm³/mol. The number of ether oxygens (including phenoxy) is 1. The first kappa shape index (κ1) is 25.4. The zero-order valence-electron chi connectivity index (χ0n) is 23.3. The lowest BCUT2D eigenvalue weighted by molar-refractivity contribution is -0.207. The third-order valence-corrected chi connectivity index (χ3v) is 10.6. The second-order valence-corrected chi connectivity index (χ2v) is 12.7. The van der Waals surface area contributed by atoms with Gasteiger partial charge in [-0.15, -0.1) is 0 Å². The molecule has 3 fully saturated rings. The molecular formula is C33H35N3O4. The molecule has 206 valence electrons. The number of hydrogen-bond donors (Lipinski definition) is 2. The van der Waals surface area contributed by atoms with E-state index in [0.29, 0.717) is 37.4 Å². The molecule has 2 aromatic carbocycles. The highest BCUT2D eigenvalue weighted by Gasteiger charge is 2.75. The topological polar surface area (TPSA) is 97.0 Å². The molecule has 2 aromatic rings. The summed E-state index contributed by atoms with van der Waals surface area (Å²) in [5.41, 5.74) is 2.97. The summed E-state index contributed by atoms with van der Waals surface area (Å²) in [6, 6.07) is 11.1. The third kappa shape index (κ3) is 3.41. The van der Waals surface area contributed by atoms with Crippen LogP contribution in [0.25, 0.3) is 0 Å². The highest BCUT2D eigenvalue weighted by atomic mass is 16.5. The molecule has 0 aromatic heterocycles. The third-order valence-electron chi connectivity index (χ3n) is 10.6. The Kier molecular flexibility index (Phi) is 5.56. The molecule has 7 heteroatoms. The molecule has 40 heavy (non-hydrogen) atoms. The average Bonchev–Trinajstić information content (AvgIpc) is 3.69. The van der Waals surface area contributed by atoms with Crippen molar-refractivity contribution in [1.82, 2.24) is 9.80 Å². The van der Waals surface area contributed by atoms with Crippen LogP contribution in [0, 0.1) is 42.9 Å². The summed E-state index contributed by atoms with van der Waals surface area (Å²) >= 11 is 0. The summed E-state index contributed by atoms with van der Waals surface area (Å²) in [6.45, 7) is 4.89. The van der Waals surface area contributed by atoms with Crippen molar-refractivity contribution >= 4 is 5.91 Å².